The lowest BCUT2D eigenvalue weighted by Crippen LogP contribution is -2.40. The number of hydrazine groups is 1. The quantitative estimate of drug-likeness (QED) is 0.650. The number of aromatic nitrogens is 2. The Labute approximate surface area is 127 Å². The van der Waals surface area contributed by atoms with E-state index in [1.54, 1.807) is 0 Å². The standard InChI is InChI=1S/C14H18F2N6/c1-14(2,3)22-21-13-11(17)12(18-7-19-13)20-8-4-5-9(15)10(16)6-8/h4-7,22H,17H2,1-3H3,(H2,18,19,20,21). The number of nitrogens with one attached hydrogen (secondary N) is 3. The molecule has 0 saturated carbocycles. The van der Waals surface area contributed by atoms with Gasteiger partial charge >= 0.3 is 0 Å². The smallest absolute Gasteiger partial charge is 0.169 e. The Kier molecular flexibility index (Phi) is 4.41. The van der Waals surface area contributed by atoms with Crippen molar-refractivity contribution in [2.24, 2.45) is 0 Å². The molecule has 2 rings (SSSR count). The molecule has 5 N–H and O–H groups in total. The zero-order valence-electron chi connectivity index (χ0n) is 12.5. The van der Waals surface area contributed by atoms with E-state index in [0.717, 1.165) is 12.1 Å². The molecule has 0 bridgehead atoms. The third-order valence-corrected chi connectivity index (χ3v) is 2.62. The molecule has 0 aliphatic rings. The normalized spacial score (nSPS) is 11.3. The molecule has 0 fully saturated rings. The maximum absolute atomic E-state index is 13.2. The average molecular weight is 308 g/mol. The lowest BCUT2D eigenvalue weighted by molar-refractivity contribution is 0.464. The maximum Gasteiger partial charge on any atom is 0.169 e. The molecule has 0 radical (unpaired) electrons. The van der Waals surface area contributed by atoms with Crippen molar-refractivity contribution in [3.8, 4) is 0 Å². The van der Waals surface area contributed by atoms with Gasteiger partial charge in [-0.3, -0.25) is 0 Å². The van der Waals surface area contributed by atoms with Crippen molar-refractivity contribution in [1.29, 1.82) is 0 Å². The van der Waals surface area contributed by atoms with Gasteiger partial charge in [0.1, 0.15) is 12.0 Å². The average Bonchev–Trinajstić information content (AvgIpc) is 2.43. The van der Waals surface area contributed by atoms with Gasteiger partial charge in [0.15, 0.2) is 23.3 Å². The van der Waals surface area contributed by atoms with Gasteiger partial charge in [-0.15, -0.1) is 0 Å². The molecule has 0 aliphatic heterocycles. The van der Waals surface area contributed by atoms with Crippen LogP contribution in [-0.2, 0) is 0 Å². The number of benzene rings is 1. The number of anilines is 4. The van der Waals surface area contributed by atoms with Crippen LogP contribution in [0.15, 0.2) is 24.5 Å². The predicted octanol–water partition coefficient (Wildman–Crippen LogP) is 2.80. The molecule has 22 heavy (non-hydrogen) atoms. The van der Waals surface area contributed by atoms with Crippen LogP contribution in [0.5, 0.6) is 0 Å². The Morgan fingerprint density at radius 3 is 2.36 bits per heavy atom. The van der Waals surface area contributed by atoms with Gasteiger partial charge < -0.3 is 16.5 Å². The molecule has 6 nitrogen and oxygen atoms in total. The highest BCUT2D eigenvalue weighted by atomic mass is 19.2. The first kappa shape index (κ1) is 15.9. The second kappa shape index (κ2) is 6.10. The van der Waals surface area contributed by atoms with Crippen molar-refractivity contribution in [1.82, 2.24) is 15.4 Å². The van der Waals surface area contributed by atoms with Crippen LogP contribution in [0.4, 0.5) is 31.8 Å². The number of nitrogens with zero attached hydrogens (tertiary/aromatic N) is 2. The van der Waals surface area contributed by atoms with E-state index < -0.39 is 11.6 Å². The highest BCUT2D eigenvalue weighted by Crippen LogP contribution is 2.26. The highest BCUT2D eigenvalue weighted by Gasteiger charge is 2.13. The topological polar surface area (TPSA) is 87.9 Å². The van der Waals surface area contributed by atoms with Crippen molar-refractivity contribution in [3.05, 3.63) is 36.2 Å². The fourth-order valence-electron chi connectivity index (χ4n) is 1.55. The van der Waals surface area contributed by atoms with Gasteiger partial charge in [-0.25, -0.2) is 24.2 Å². The molecule has 0 spiro atoms. The van der Waals surface area contributed by atoms with E-state index in [2.05, 4.69) is 26.1 Å². The second-order valence-electron chi connectivity index (χ2n) is 5.74. The Hall–Kier alpha value is -2.48. The molecule has 8 heteroatoms. The number of nitrogen functional groups attached to an aromatic ring is 1. The molecule has 0 atom stereocenters. The van der Waals surface area contributed by atoms with Crippen molar-refractivity contribution in [2.75, 3.05) is 16.5 Å². The van der Waals surface area contributed by atoms with Crippen molar-refractivity contribution in [2.45, 2.75) is 26.3 Å². The summed E-state index contributed by atoms with van der Waals surface area (Å²) in [5, 5.41) is 2.83. The summed E-state index contributed by atoms with van der Waals surface area (Å²) in [6.07, 6.45) is 1.31. The van der Waals surface area contributed by atoms with Gasteiger partial charge in [-0.1, -0.05) is 0 Å². The second-order valence-corrected chi connectivity index (χ2v) is 5.74. The van der Waals surface area contributed by atoms with E-state index in [-0.39, 0.29) is 11.2 Å². The van der Waals surface area contributed by atoms with Crippen LogP contribution in [0.1, 0.15) is 20.8 Å². The Balaban J connectivity index is 2.19. The van der Waals surface area contributed by atoms with Crippen LogP contribution in [0.2, 0.25) is 0 Å². The Morgan fingerprint density at radius 2 is 1.73 bits per heavy atom. The molecular weight excluding hydrogens is 290 g/mol. The van der Waals surface area contributed by atoms with E-state index in [1.807, 2.05) is 20.8 Å². The van der Waals surface area contributed by atoms with Gasteiger partial charge in [-0.2, -0.15) is 0 Å². The molecule has 0 unspecified atom stereocenters. The van der Waals surface area contributed by atoms with Crippen LogP contribution in [0.25, 0.3) is 0 Å². The van der Waals surface area contributed by atoms with Gasteiger partial charge in [0, 0.05) is 17.3 Å². The molecule has 0 amide bonds. The van der Waals surface area contributed by atoms with E-state index >= 15 is 0 Å². The van der Waals surface area contributed by atoms with Gasteiger partial charge in [0.2, 0.25) is 0 Å². The zero-order chi connectivity index (χ0) is 16.3. The van der Waals surface area contributed by atoms with Crippen LogP contribution in [0, 0.1) is 11.6 Å². The SMILES string of the molecule is CC(C)(C)NNc1ncnc(Nc2ccc(F)c(F)c2)c1N. The summed E-state index contributed by atoms with van der Waals surface area (Å²) in [6.45, 7) is 5.91. The number of hydrogen-bond acceptors (Lipinski definition) is 6. The fraction of sp³-hybridized carbons (Fsp3) is 0.286. The minimum Gasteiger partial charge on any atom is -0.393 e. The fourth-order valence-corrected chi connectivity index (χ4v) is 1.55. The summed E-state index contributed by atoms with van der Waals surface area (Å²) in [7, 11) is 0. The first-order valence-electron chi connectivity index (χ1n) is 6.62. The van der Waals surface area contributed by atoms with E-state index in [0.29, 0.717) is 17.3 Å². The summed E-state index contributed by atoms with van der Waals surface area (Å²) in [5.41, 5.74) is 12.3. The van der Waals surface area contributed by atoms with E-state index in [1.165, 1.54) is 12.4 Å². The first-order valence-corrected chi connectivity index (χ1v) is 6.62. The van der Waals surface area contributed by atoms with Gasteiger partial charge in [-0.05, 0) is 32.9 Å². The lowest BCUT2D eigenvalue weighted by atomic mass is 10.1. The molecule has 1 heterocycles. The predicted molar refractivity (Wildman–Crippen MR) is 82.6 cm³/mol. The first-order chi connectivity index (χ1) is 10.3. The zero-order valence-corrected chi connectivity index (χ0v) is 12.5. The van der Waals surface area contributed by atoms with Crippen LogP contribution in [-0.4, -0.2) is 15.5 Å². The molecule has 1 aromatic carbocycles. The summed E-state index contributed by atoms with van der Waals surface area (Å²) in [5.74, 6) is -1.20. The largest absolute Gasteiger partial charge is 0.393 e. The van der Waals surface area contributed by atoms with Crippen molar-refractivity contribution >= 4 is 23.0 Å². The lowest BCUT2D eigenvalue weighted by Gasteiger charge is -2.22. The molecule has 0 aliphatic carbocycles. The minimum atomic E-state index is -0.953. The van der Waals surface area contributed by atoms with E-state index in [9.17, 15) is 8.78 Å². The summed E-state index contributed by atoms with van der Waals surface area (Å²) in [6, 6.07) is 3.44. The molecule has 118 valence electrons. The van der Waals surface area contributed by atoms with Gasteiger partial charge in [0.25, 0.3) is 0 Å². The van der Waals surface area contributed by atoms with Crippen molar-refractivity contribution < 1.29 is 8.78 Å². The Bertz CT molecular complexity index is 669. The summed E-state index contributed by atoms with van der Waals surface area (Å²) in [4.78, 5) is 8.03. The van der Waals surface area contributed by atoms with Crippen LogP contribution in [0.3, 0.4) is 0 Å². The molecule has 1 aromatic heterocycles. The van der Waals surface area contributed by atoms with Crippen LogP contribution >= 0.6 is 0 Å². The van der Waals surface area contributed by atoms with Gasteiger partial charge in [0.05, 0.1) is 0 Å². The third kappa shape index (κ3) is 4.01. The molecule has 0 saturated heterocycles. The number of nitrogens with two attached hydrogens (primary N) is 1. The number of rotatable bonds is 4. The van der Waals surface area contributed by atoms with Crippen molar-refractivity contribution in [3.63, 3.8) is 0 Å². The maximum atomic E-state index is 13.2. The summed E-state index contributed by atoms with van der Waals surface area (Å²) >= 11 is 0. The highest BCUT2D eigenvalue weighted by molar-refractivity contribution is 5.77. The Morgan fingerprint density at radius 1 is 1.05 bits per heavy atom. The molecular formula is C14H18F2N6. The molecule has 2 aromatic rings. The number of halogens is 2. The van der Waals surface area contributed by atoms with Crippen LogP contribution < -0.4 is 21.9 Å². The number of hydrogen-bond donors (Lipinski definition) is 4. The summed E-state index contributed by atoms with van der Waals surface area (Å²) < 4.78 is 26.1. The third-order valence-electron chi connectivity index (χ3n) is 2.62. The van der Waals surface area contributed by atoms with E-state index in [4.69, 9.17) is 5.73 Å². The monoisotopic (exact) mass is 308 g/mol. The minimum absolute atomic E-state index is 0.189.